The largest absolute Gasteiger partial charge is 0.379 e. The molecule has 3 aliphatic rings. The Labute approximate surface area is 127 Å². The van der Waals surface area contributed by atoms with E-state index in [2.05, 4.69) is 10.2 Å². The number of carbonyl (C=O) groups is 1. The zero-order chi connectivity index (χ0) is 14.7. The number of hydrogen-bond donors (Lipinski definition) is 1. The van der Waals surface area contributed by atoms with Crippen LogP contribution in [0.2, 0.25) is 0 Å². The van der Waals surface area contributed by atoms with E-state index >= 15 is 0 Å². The summed E-state index contributed by atoms with van der Waals surface area (Å²) in [7, 11) is 0. The fraction of sp³-hybridized carbons (Fsp3) is 0.938. The van der Waals surface area contributed by atoms with E-state index in [1.54, 1.807) is 0 Å². The van der Waals surface area contributed by atoms with Gasteiger partial charge in [-0.2, -0.15) is 0 Å². The topological polar surface area (TPSA) is 50.8 Å². The predicted molar refractivity (Wildman–Crippen MR) is 80.1 cm³/mol. The van der Waals surface area contributed by atoms with Crippen molar-refractivity contribution in [2.24, 2.45) is 5.92 Å². The van der Waals surface area contributed by atoms with E-state index in [1.807, 2.05) is 6.92 Å². The third-order valence-corrected chi connectivity index (χ3v) is 5.16. The maximum absolute atomic E-state index is 12.6. The normalized spacial score (nSPS) is 32.8. The van der Waals surface area contributed by atoms with Gasteiger partial charge >= 0.3 is 0 Å². The molecular formula is C16H28N2O3. The molecule has 120 valence electrons. The molecule has 3 aliphatic heterocycles. The molecule has 3 unspecified atom stereocenters. The van der Waals surface area contributed by atoms with E-state index in [1.165, 1.54) is 12.8 Å². The molecule has 5 heteroatoms. The average Bonchev–Trinajstić information content (AvgIpc) is 3.14. The van der Waals surface area contributed by atoms with E-state index in [0.717, 1.165) is 39.0 Å². The van der Waals surface area contributed by atoms with Crippen LogP contribution in [0.15, 0.2) is 0 Å². The molecule has 0 radical (unpaired) electrons. The van der Waals surface area contributed by atoms with Gasteiger partial charge in [0.2, 0.25) is 5.91 Å². The number of hydrogen-bond acceptors (Lipinski definition) is 4. The van der Waals surface area contributed by atoms with Crippen molar-refractivity contribution in [3.8, 4) is 0 Å². The molecule has 0 aromatic heterocycles. The van der Waals surface area contributed by atoms with Gasteiger partial charge in [-0.15, -0.1) is 0 Å². The van der Waals surface area contributed by atoms with Crippen LogP contribution < -0.4 is 5.32 Å². The van der Waals surface area contributed by atoms with Crippen molar-refractivity contribution >= 4 is 5.91 Å². The van der Waals surface area contributed by atoms with Crippen LogP contribution in [-0.2, 0) is 14.3 Å². The zero-order valence-electron chi connectivity index (χ0n) is 13.1. The van der Waals surface area contributed by atoms with Crippen LogP contribution in [0.25, 0.3) is 0 Å². The highest BCUT2D eigenvalue weighted by molar-refractivity contribution is 5.80. The van der Waals surface area contributed by atoms with Crippen molar-refractivity contribution in [1.29, 1.82) is 0 Å². The number of piperidine rings is 1. The minimum absolute atomic E-state index is 0.235. The van der Waals surface area contributed by atoms with Crippen LogP contribution in [0, 0.1) is 5.92 Å². The first kappa shape index (κ1) is 15.3. The van der Waals surface area contributed by atoms with Crippen LogP contribution in [0.5, 0.6) is 0 Å². The number of likely N-dealkylation sites (tertiary alicyclic amines) is 1. The Balaban J connectivity index is 1.38. The van der Waals surface area contributed by atoms with Crippen molar-refractivity contribution in [2.45, 2.75) is 57.2 Å². The Bertz CT molecular complexity index is 355. The van der Waals surface area contributed by atoms with Gasteiger partial charge in [0.25, 0.3) is 0 Å². The Kier molecular flexibility index (Phi) is 5.14. The second kappa shape index (κ2) is 7.07. The molecule has 1 amide bonds. The van der Waals surface area contributed by atoms with Crippen LogP contribution in [0.3, 0.4) is 0 Å². The predicted octanol–water partition coefficient (Wildman–Crippen LogP) is 1.17. The highest BCUT2D eigenvalue weighted by Crippen LogP contribution is 2.34. The third kappa shape index (κ3) is 3.58. The molecule has 0 saturated carbocycles. The molecule has 21 heavy (non-hydrogen) atoms. The number of amides is 1. The van der Waals surface area contributed by atoms with Crippen LogP contribution in [-0.4, -0.2) is 61.9 Å². The Hall–Kier alpha value is -0.650. The van der Waals surface area contributed by atoms with Gasteiger partial charge in [0, 0.05) is 31.8 Å². The van der Waals surface area contributed by atoms with E-state index in [4.69, 9.17) is 9.47 Å². The number of rotatable bonds is 6. The summed E-state index contributed by atoms with van der Waals surface area (Å²) in [6.45, 7) is 5.79. The van der Waals surface area contributed by atoms with Gasteiger partial charge in [-0.05, 0) is 39.0 Å². The quantitative estimate of drug-likeness (QED) is 0.748. The number of ether oxygens (including phenoxy) is 2. The molecule has 5 nitrogen and oxygen atoms in total. The van der Waals surface area contributed by atoms with Gasteiger partial charge in [-0.1, -0.05) is 0 Å². The molecule has 0 aliphatic carbocycles. The van der Waals surface area contributed by atoms with Gasteiger partial charge in [0.1, 0.15) is 0 Å². The van der Waals surface area contributed by atoms with Crippen molar-refractivity contribution < 1.29 is 14.3 Å². The Morgan fingerprint density at radius 3 is 2.62 bits per heavy atom. The molecular weight excluding hydrogens is 268 g/mol. The SMILES string of the molecule is CCOCCOC1CCN(C(=O)C2CC3CCC2N3)CC1. The maximum Gasteiger partial charge on any atom is 0.227 e. The van der Waals surface area contributed by atoms with Crippen molar-refractivity contribution in [2.75, 3.05) is 32.9 Å². The average molecular weight is 296 g/mol. The van der Waals surface area contributed by atoms with Crippen LogP contribution in [0.4, 0.5) is 0 Å². The summed E-state index contributed by atoms with van der Waals surface area (Å²) < 4.78 is 11.1. The molecule has 3 fully saturated rings. The minimum atomic E-state index is 0.235. The van der Waals surface area contributed by atoms with Gasteiger partial charge in [0.05, 0.1) is 25.2 Å². The second-order valence-electron chi connectivity index (χ2n) is 6.48. The first-order chi connectivity index (χ1) is 10.3. The van der Waals surface area contributed by atoms with Gasteiger partial charge in [-0.25, -0.2) is 0 Å². The van der Waals surface area contributed by atoms with Gasteiger partial charge < -0.3 is 19.7 Å². The first-order valence-electron chi connectivity index (χ1n) is 8.52. The lowest BCUT2D eigenvalue weighted by Crippen LogP contribution is -2.46. The standard InChI is InChI=1S/C16H28N2O3/c1-2-20-9-10-21-13-5-7-18(8-6-13)16(19)14-11-12-3-4-15(14)17-12/h12-15,17H,2-11H2,1H3. The van der Waals surface area contributed by atoms with Crippen molar-refractivity contribution in [3.05, 3.63) is 0 Å². The second-order valence-corrected chi connectivity index (χ2v) is 6.48. The summed E-state index contributed by atoms with van der Waals surface area (Å²) in [5.74, 6) is 0.613. The first-order valence-corrected chi connectivity index (χ1v) is 8.52. The Morgan fingerprint density at radius 2 is 2.00 bits per heavy atom. The van der Waals surface area contributed by atoms with Crippen molar-refractivity contribution in [3.63, 3.8) is 0 Å². The lowest BCUT2D eigenvalue weighted by atomic mass is 9.87. The lowest BCUT2D eigenvalue weighted by molar-refractivity contribution is -0.139. The minimum Gasteiger partial charge on any atom is -0.379 e. The molecule has 1 N–H and O–H groups in total. The van der Waals surface area contributed by atoms with E-state index < -0.39 is 0 Å². The highest BCUT2D eigenvalue weighted by Gasteiger charge is 2.44. The van der Waals surface area contributed by atoms with Crippen molar-refractivity contribution in [1.82, 2.24) is 10.2 Å². The molecule has 0 aromatic rings. The van der Waals surface area contributed by atoms with Gasteiger partial charge in [-0.3, -0.25) is 4.79 Å². The molecule has 3 atom stereocenters. The lowest BCUT2D eigenvalue weighted by Gasteiger charge is -2.35. The van der Waals surface area contributed by atoms with Crippen LogP contribution in [0.1, 0.15) is 39.0 Å². The molecule has 2 bridgehead atoms. The van der Waals surface area contributed by atoms with E-state index in [0.29, 0.717) is 37.3 Å². The van der Waals surface area contributed by atoms with E-state index in [-0.39, 0.29) is 5.92 Å². The molecule has 3 saturated heterocycles. The number of carbonyl (C=O) groups excluding carboxylic acids is 1. The molecule has 0 aromatic carbocycles. The number of fused-ring (bicyclic) bond motifs is 2. The highest BCUT2D eigenvalue weighted by atomic mass is 16.5. The summed E-state index contributed by atoms with van der Waals surface area (Å²) in [5.41, 5.74) is 0. The fourth-order valence-corrected chi connectivity index (χ4v) is 3.99. The summed E-state index contributed by atoms with van der Waals surface area (Å²) in [6.07, 6.45) is 5.71. The summed E-state index contributed by atoms with van der Waals surface area (Å²) >= 11 is 0. The molecule has 3 heterocycles. The van der Waals surface area contributed by atoms with E-state index in [9.17, 15) is 4.79 Å². The summed E-state index contributed by atoms with van der Waals surface area (Å²) in [4.78, 5) is 14.7. The summed E-state index contributed by atoms with van der Waals surface area (Å²) in [5, 5.41) is 3.56. The molecule has 0 spiro atoms. The molecule has 3 rings (SSSR count). The van der Waals surface area contributed by atoms with Gasteiger partial charge in [0.15, 0.2) is 0 Å². The zero-order valence-corrected chi connectivity index (χ0v) is 13.1. The summed E-state index contributed by atoms with van der Waals surface area (Å²) in [6, 6.07) is 1.05. The fourth-order valence-electron chi connectivity index (χ4n) is 3.99. The third-order valence-electron chi connectivity index (χ3n) is 5.16. The number of nitrogens with zero attached hydrogens (tertiary/aromatic N) is 1. The van der Waals surface area contributed by atoms with Crippen LogP contribution >= 0.6 is 0 Å². The maximum atomic E-state index is 12.6. The Morgan fingerprint density at radius 1 is 1.19 bits per heavy atom. The number of nitrogens with one attached hydrogen (secondary N) is 1. The smallest absolute Gasteiger partial charge is 0.227 e. The monoisotopic (exact) mass is 296 g/mol.